The Bertz CT molecular complexity index is 449. The van der Waals surface area contributed by atoms with Gasteiger partial charge in [-0.2, -0.15) is 5.26 Å². The molecule has 3 heteroatoms. The molecule has 0 aliphatic carbocycles. The van der Waals surface area contributed by atoms with Crippen molar-refractivity contribution in [2.45, 2.75) is 32.2 Å². The predicted octanol–water partition coefficient (Wildman–Crippen LogP) is 2.38. The van der Waals surface area contributed by atoms with E-state index in [1.54, 1.807) is 0 Å². The fourth-order valence-corrected chi connectivity index (χ4v) is 2.42. The molecule has 1 amide bonds. The van der Waals surface area contributed by atoms with Crippen molar-refractivity contribution in [2.24, 2.45) is 5.92 Å². The predicted molar refractivity (Wildman–Crippen MR) is 69.7 cm³/mol. The van der Waals surface area contributed by atoms with Gasteiger partial charge in [0, 0.05) is 19.0 Å². The van der Waals surface area contributed by atoms with Crippen LogP contribution in [0.1, 0.15) is 25.3 Å². The minimum Gasteiger partial charge on any atom is -0.339 e. The quantitative estimate of drug-likeness (QED) is 0.813. The Hall–Kier alpha value is -1.82. The second-order valence-corrected chi connectivity index (χ2v) is 4.95. The minimum absolute atomic E-state index is 0.114. The van der Waals surface area contributed by atoms with Gasteiger partial charge in [0.1, 0.15) is 0 Å². The largest absolute Gasteiger partial charge is 0.339 e. The van der Waals surface area contributed by atoms with E-state index in [4.69, 9.17) is 5.26 Å². The molecule has 1 aliphatic heterocycles. The fourth-order valence-electron chi connectivity index (χ4n) is 2.42. The highest BCUT2D eigenvalue weighted by atomic mass is 16.2. The van der Waals surface area contributed by atoms with Crippen molar-refractivity contribution in [3.63, 3.8) is 0 Å². The maximum atomic E-state index is 11.8. The Morgan fingerprint density at radius 1 is 1.44 bits per heavy atom. The summed E-state index contributed by atoms with van der Waals surface area (Å²) in [5, 5.41) is 8.86. The van der Waals surface area contributed by atoms with Crippen LogP contribution in [-0.4, -0.2) is 23.4 Å². The number of carbonyl (C=O) groups excluding carboxylic acids is 1. The van der Waals surface area contributed by atoms with E-state index in [0.29, 0.717) is 13.0 Å². The van der Waals surface area contributed by atoms with Gasteiger partial charge in [0.15, 0.2) is 0 Å². The third-order valence-corrected chi connectivity index (χ3v) is 3.57. The van der Waals surface area contributed by atoms with Crippen LogP contribution in [0.4, 0.5) is 0 Å². The molecule has 2 atom stereocenters. The van der Waals surface area contributed by atoms with Crippen molar-refractivity contribution in [1.82, 2.24) is 4.90 Å². The lowest BCUT2D eigenvalue weighted by molar-refractivity contribution is -0.129. The average molecular weight is 242 g/mol. The number of benzene rings is 1. The van der Waals surface area contributed by atoms with Gasteiger partial charge in [-0.25, -0.2) is 0 Å². The van der Waals surface area contributed by atoms with Gasteiger partial charge in [0.05, 0.1) is 12.0 Å². The number of rotatable bonds is 4. The summed E-state index contributed by atoms with van der Waals surface area (Å²) >= 11 is 0. The van der Waals surface area contributed by atoms with E-state index in [0.717, 1.165) is 12.8 Å². The molecule has 0 aromatic heterocycles. The Balaban J connectivity index is 1.87. The number of hydrogen-bond acceptors (Lipinski definition) is 2. The van der Waals surface area contributed by atoms with Crippen LogP contribution < -0.4 is 0 Å². The second-order valence-electron chi connectivity index (χ2n) is 4.95. The van der Waals surface area contributed by atoms with Crippen LogP contribution in [0, 0.1) is 17.2 Å². The molecule has 0 spiro atoms. The summed E-state index contributed by atoms with van der Waals surface area (Å²) in [6.45, 7) is 2.67. The van der Waals surface area contributed by atoms with Gasteiger partial charge < -0.3 is 4.90 Å². The number of carbonyl (C=O) groups is 1. The molecule has 94 valence electrons. The summed E-state index contributed by atoms with van der Waals surface area (Å²) in [5.41, 5.74) is 1.30. The van der Waals surface area contributed by atoms with E-state index in [-0.39, 0.29) is 17.9 Å². The van der Waals surface area contributed by atoms with E-state index < -0.39 is 0 Å². The zero-order chi connectivity index (χ0) is 13.0. The third-order valence-electron chi connectivity index (χ3n) is 3.57. The molecule has 1 saturated heterocycles. The number of amides is 1. The van der Waals surface area contributed by atoms with Crippen molar-refractivity contribution in [3.8, 4) is 6.07 Å². The highest BCUT2D eigenvalue weighted by Crippen LogP contribution is 2.21. The number of hydrogen-bond donors (Lipinski definition) is 0. The molecular weight excluding hydrogens is 224 g/mol. The molecule has 1 heterocycles. The molecule has 0 radical (unpaired) electrons. The Morgan fingerprint density at radius 3 is 2.78 bits per heavy atom. The Morgan fingerprint density at radius 2 is 2.17 bits per heavy atom. The topological polar surface area (TPSA) is 44.1 Å². The first-order valence-corrected chi connectivity index (χ1v) is 6.43. The summed E-state index contributed by atoms with van der Waals surface area (Å²) in [6.07, 6.45) is 2.32. The SMILES string of the molecule is CC(CCc1ccccc1)N1CC(C#N)CC1=O. The van der Waals surface area contributed by atoms with E-state index in [9.17, 15) is 4.79 Å². The molecule has 2 rings (SSSR count). The number of likely N-dealkylation sites (tertiary alicyclic amines) is 1. The monoisotopic (exact) mass is 242 g/mol. The maximum absolute atomic E-state index is 11.8. The summed E-state index contributed by atoms with van der Waals surface area (Å²) in [7, 11) is 0. The van der Waals surface area contributed by atoms with Crippen molar-refractivity contribution in [3.05, 3.63) is 35.9 Å². The minimum atomic E-state index is -0.114. The fraction of sp³-hybridized carbons (Fsp3) is 0.467. The van der Waals surface area contributed by atoms with Gasteiger partial charge in [-0.15, -0.1) is 0 Å². The molecule has 0 saturated carbocycles. The van der Waals surface area contributed by atoms with Gasteiger partial charge in [-0.05, 0) is 25.3 Å². The third kappa shape index (κ3) is 2.89. The van der Waals surface area contributed by atoms with Crippen molar-refractivity contribution in [1.29, 1.82) is 5.26 Å². The summed E-state index contributed by atoms with van der Waals surface area (Å²) in [6, 6.07) is 12.7. The Labute approximate surface area is 108 Å². The molecule has 1 aliphatic rings. The summed E-state index contributed by atoms with van der Waals surface area (Å²) < 4.78 is 0. The second kappa shape index (κ2) is 5.68. The van der Waals surface area contributed by atoms with Crippen LogP contribution >= 0.6 is 0 Å². The molecule has 3 nitrogen and oxygen atoms in total. The standard InChI is InChI=1S/C15H18N2O/c1-12(7-8-13-5-3-2-4-6-13)17-11-14(10-16)9-15(17)18/h2-6,12,14H,7-9,11H2,1H3. The average Bonchev–Trinajstić information content (AvgIpc) is 2.78. The van der Waals surface area contributed by atoms with E-state index in [1.165, 1.54) is 5.56 Å². The van der Waals surface area contributed by atoms with Crippen molar-refractivity contribution in [2.75, 3.05) is 6.54 Å². The van der Waals surface area contributed by atoms with Gasteiger partial charge in [-0.3, -0.25) is 4.79 Å². The van der Waals surface area contributed by atoms with Gasteiger partial charge in [0.2, 0.25) is 5.91 Å². The van der Waals surface area contributed by atoms with Gasteiger partial charge in [0.25, 0.3) is 0 Å². The molecule has 0 N–H and O–H groups in total. The lowest BCUT2D eigenvalue weighted by atomic mass is 10.1. The first-order valence-electron chi connectivity index (χ1n) is 6.43. The van der Waals surface area contributed by atoms with E-state index in [2.05, 4.69) is 25.1 Å². The van der Waals surface area contributed by atoms with Gasteiger partial charge in [-0.1, -0.05) is 30.3 Å². The maximum Gasteiger partial charge on any atom is 0.224 e. The molecular formula is C15H18N2O. The van der Waals surface area contributed by atoms with E-state index in [1.807, 2.05) is 23.1 Å². The van der Waals surface area contributed by atoms with Crippen LogP contribution in [0.5, 0.6) is 0 Å². The number of nitriles is 1. The molecule has 18 heavy (non-hydrogen) atoms. The lowest BCUT2D eigenvalue weighted by Crippen LogP contribution is -2.34. The molecule has 1 fully saturated rings. The smallest absolute Gasteiger partial charge is 0.224 e. The van der Waals surface area contributed by atoms with Crippen LogP contribution in [-0.2, 0) is 11.2 Å². The number of aryl methyl sites for hydroxylation is 1. The van der Waals surface area contributed by atoms with Crippen LogP contribution in [0.3, 0.4) is 0 Å². The highest BCUT2D eigenvalue weighted by molar-refractivity contribution is 5.79. The van der Waals surface area contributed by atoms with Crippen LogP contribution in [0.25, 0.3) is 0 Å². The van der Waals surface area contributed by atoms with Crippen LogP contribution in [0.2, 0.25) is 0 Å². The molecule has 1 aromatic rings. The summed E-state index contributed by atoms with van der Waals surface area (Å²) in [5.74, 6) is 0.0128. The first kappa shape index (κ1) is 12.6. The van der Waals surface area contributed by atoms with Crippen LogP contribution in [0.15, 0.2) is 30.3 Å². The number of nitrogens with zero attached hydrogens (tertiary/aromatic N) is 2. The molecule has 2 unspecified atom stereocenters. The van der Waals surface area contributed by atoms with Crippen molar-refractivity contribution >= 4 is 5.91 Å². The van der Waals surface area contributed by atoms with E-state index >= 15 is 0 Å². The van der Waals surface area contributed by atoms with Gasteiger partial charge >= 0.3 is 0 Å². The first-order chi connectivity index (χ1) is 8.70. The molecule has 0 bridgehead atoms. The lowest BCUT2D eigenvalue weighted by Gasteiger charge is -2.24. The normalized spacial score (nSPS) is 20.8. The van der Waals surface area contributed by atoms with Crippen molar-refractivity contribution < 1.29 is 4.79 Å². The highest BCUT2D eigenvalue weighted by Gasteiger charge is 2.32. The Kier molecular flexibility index (Phi) is 3.99. The zero-order valence-corrected chi connectivity index (χ0v) is 10.7. The molecule has 1 aromatic carbocycles. The zero-order valence-electron chi connectivity index (χ0n) is 10.7. The summed E-state index contributed by atoms with van der Waals surface area (Å²) in [4.78, 5) is 13.6.